The molecule has 0 aliphatic carbocycles. The van der Waals surface area contributed by atoms with E-state index in [1.807, 2.05) is 0 Å². The van der Waals surface area contributed by atoms with Crippen LogP contribution in [-0.2, 0) is 4.74 Å². The van der Waals surface area contributed by atoms with E-state index in [9.17, 15) is 0 Å². The van der Waals surface area contributed by atoms with E-state index in [1.54, 1.807) is 0 Å². The van der Waals surface area contributed by atoms with E-state index in [0.29, 0.717) is 18.2 Å². The van der Waals surface area contributed by atoms with Gasteiger partial charge in [-0.1, -0.05) is 0 Å². The van der Waals surface area contributed by atoms with Crippen LogP contribution in [0.5, 0.6) is 0 Å². The fourth-order valence-electron chi connectivity index (χ4n) is 2.68. The van der Waals surface area contributed by atoms with E-state index in [4.69, 9.17) is 10.5 Å². The molecule has 3 heteroatoms. The Morgan fingerprint density at radius 2 is 2.21 bits per heavy atom. The summed E-state index contributed by atoms with van der Waals surface area (Å²) < 4.78 is 5.83. The number of likely N-dealkylation sites (tertiary alicyclic amines) is 1. The Morgan fingerprint density at radius 3 is 2.86 bits per heavy atom. The predicted molar refractivity (Wildman–Crippen MR) is 57.2 cm³/mol. The van der Waals surface area contributed by atoms with Crippen molar-refractivity contribution in [3.63, 3.8) is 0 Å². The second-order valence-corrected chi connectivity index (χ2v) is 4.67. The lowest BCUT2D eigenvalue weighted by molar-refractivity contribution is 0.0294. The minimum Gasteiger partial charge on any atom is -0.374 e. The van der Waals surface area contributed by atoms with E-state index >= 15 is 0 Å². The Balaban J connectivity index is 1.79. The lowest BCUT2D eigenvalue weighted by Crippen LogP contribution is -2.40. The van der Waals surface area contributed by atoms with Gasteiger partial charge in [-0.05, 0) is 39.2 Å². The summed E-state index contributed by atoms with van der Waals surface area (Å²) >= 11 is 0. The molecule has 0 spiro atoms. The number of nitrogens with zero attached hydrogens (tertiary/aromatic N) is 1. The highest BCUT2D eigenvalue weighted by molar-refractivity contribution is 4.83. The summed E-state index contributed by atoms with van der Waals surface area (Å²) in [7, 11) is 0. The molecule has 2 aliphatic heterocycles. The first-order valence-corrected chi connectivity index (χ1v) is 5.89. The van der Waals surface area contributed by atoms with E-state index in [1.165, 1.54) is 32.2 Å². The Kier molecular flexibility index (Phi) is 3.42. The van der Waals surface area contributed by atoms with Crippen LogP contribution >= 0.6 is 0 Å². The Morgan fingerprint density at radius 1 is 1.36 bits per heavy atom. The fourth-order valence-corrected chi connectivity index (χ4v) is 2.68. The summed E-state index contributed by atoms with van der Waals surface area (Å²) in [4.78, 5) is 2.52. The molecule has 82 valence electrons. The van der Waals surface area contributed by atoms with E-state index in [-0.39, 0.29) is 0 Å². The van der Waals surface area contributed by atoms with Gasteiger partial charge in [-0.2, -0.15) is 0 Å². The third kappa shape index (κ3) is 2.27. The zero-order chi connectivity index (χ0) is 9.97. The van der Waals surface area contributed by atoms with Gasteiger partial charge in [0.05, 0.1) is 12.2 Å². The van der Waals surface area contributed by atoms with Gasteiger partial charge in [0, 0.05) is 19.1 Å². The number of ether oxygens (including phenoxy) is 1. The largest absolute Gasteiger partial charge is 0.374 e. The van der Waals surface area contributed by atoms with Gasteiger partial charge in [0.25, 0.3) is 0 Å². The highest BCUT2D eigenvalue weighted by atomic mass is 16.5. The van der Waals surface area contributed by atoms with Crippen molar-refractivity contribution in [2.24, 2.45) is 5.73 Å². The highest BCUT2D eigenvalue weighted by Crippen LogP contribution is 2.23. The van der Waals surface area contributed by atoms with Crippen LogP contribution in [0.15, 0.2) is 0 Å². The molecule has 0 aromatic heterocycles. The van der Waals surface area contributed by atoms with Crippen LogP contribution in [0.25, 0.3) is 0 Å². The molecule has 0 bridgehead atoms. The predicted octanol–water partition coefficient (Wildman–Crippen LogP) is 0.977. The molecule has 2 unspecified atom stereocenters. The molecule has 2 fully saturated rings. The number of hydrogen-bond acceptors (Lipinski definition) is 3. The normalized spacial score (nSPS) is 39.4. The van der Waals surface area contributed by atoms with E-state index in [2.05, 4.69) is 11.8 Å². The molecule has 2 heterocycles. The van der Waals surface area contributed by atoms with Gasteiger partial charge < -0.3 is 10.5 Å². The van der Waals surface area contributed by atoms with Gasteiger partial charge in [-0.25, -0.2) is 0 Å². The molecule has 0 radical (unpaired) electrons. The Hall–Kier alpha value is -0.120. The molecule has 0 aromatic rings. The van der Waals surface area contributed by atoms with Crippen LogP contribution in [0.3, 0.4) is 0 Å². The summed E-state index contributed by atoms with van der Waals surface area (Å²) in [5.41, 5.74) is 5.74. The molecule has 2 aliphatic rings. The molecule has 2 saturated heterocycles. The van der Waals surface area contributed by atoms with Gasteiger partial charge >= 0.3 is 0 Å². The molecule has 3 atom stereocenters. The lowest BCUT2D eigenvalue weighted by atomic mass is 10.2. The summed E-state index contributed by atoms with van der Waals surface area (Å²) in [5.74, 6) is 0. The molecule has 0 aromatic carbocycles. The molecule has 14 heavy (non-hydrogen) atoms. The minimum absolute atomic E-state index is 0.470. The summed E-state index contributed by atoms with van der Waals surface area (Å²) in [6, 6.07) is 0.620. The van der Waals surface area contributed by atoms with Crippen molar-refractivity contribution in [2.45, 2.75) is 50.9 Å². The SMILES string of the molecule is CC1CCC(CN2CCC[C@@H]2CN)O1. The Bertz CT molecular complexity index is 186. The molecule has 0 saturated carbocycles. The van der Waals surface area contributed by atoms with Crippen molar-refractivity contribution in [2.75, 3.05) is 19.6 Å². The maximum atomic E-state index is 5.83. The quantitative estimate of drug-likeness (QED) is 0.734. The second-order valence-electron chi connectivity index (χ2n) is 4.67. The van der Waals surface area contributed by atoms with Crippen LogP contribution in [0.2, 0.25) is 0 Å². The standard InChI is InChI=1S/C11H22N2O/c1-9-4-5-11(14-9)8-13-6-2-3-10(13)7-12/h9-11H,2-8,12H2,1H3/t9?,10-,11?/m1/s1. The van der Waals surface area contributed by atoms with E-state index in [0.717, 1.165) is 13.1 Å². The number of rotatable bonds is 3. The maximum Gasteiger partial charge on any atom is 0.0706 e. The molecular weight excluding hydrogens is 176 g/mol. The average Bonchev–Trinajstić information content (AvgIpc) is 2.76. The monoisotopic (exact) mass is 198 g/mol. The topological polar surface area (TPSA) is 38.5 Å². The van der Waals surface area contributed by atoms with Gasteiger partial charge in [-0.15, -0.1) is 0 Å². The third-order valence-electron chi connectivity index (χ3n) is 3.53. The summed E-state index contributed by atoms with van der Waals surface area (Å²) in [5, 5.41) is 0. The second kappa shape index (κ2) is 4.60. The van der Waals surface area contributed by atoms with Crippen molar-refractivity contribution < 1.29 is 4.74 Å². The van der Waals surface area contributed by atoms with Crippen molar-refractivity contribution in [3.8, 4) is 0 Å². The van der Waals surface area contributed by atoms with Gasteiger partial charge in [-0.3, -0.25) is 4.90 Å². The number of nitrogens with two attached hydrogens (primary N) is 1. The molecule has 3 nitrogen and oxygen atoms in total. The van der Waals surface area contributed by atoms with Gasteiger partial charge in [0.1, 0.15) is 0 Å². The van der Waals surface area contributed by atoms with Gasteiger partial charge in [0.2, 0.25) is 0 Å². The molecular formula is C11H22N2O. The first kappa shape index (κ1) is 10.4. The average molecular weight is 198 g/mol. The van der Waals surface area contributed by atoms with Crippen LogP contribution in [0.4, 0.5) is 0 Å². The third-order valence-corrected chi connectivity index (χ3v) is 3.53. The fraction of sp³-hybridized carbons (Fsp3) is 1.00. The van der Waals surface area contributed by atoms with Crippen molar-refractivity contribution in [1.29, 1.82) is 0 Å². The first-order chi connectivity index (χ1) is 6.79. The van der Waals surface area contributed by atoms with E-state index < -0.39 is 0 Å². The molecule has 2 rings (SSSR count). The van der Waals surface area contributed by atoms with Crippen LogP contribution in [0.1, 0.15) is 32.6 Å². The minimum atomic E-state index is 0.470. The smallest absolute Gasteiger partial charge is 0.0706 e. The first-order valence-electron chi connectivity index (χ1n) is 5.89. The van der Waals surface area contributed by atoms with Crippen LogP contribution in [0, 0.1) is 0 Å². The zero-order valence-corrected chi connectivity index (χ0v) is 9.11. The summed E-state index contributed by atoms with van der Waals surface area (Å²) in [6.07, 6.45) is 5.99. The lowest BCUT2D eigenvalue weighted by Gasteiger charge is -2.26. The molecule has 0 amide bonds. The molecule has 2 N–H and O–H groups in total. The number of hydrogen-bond donors (Lipinski definition) is 1. The van der Waals surface area contributed by atoms with Crippen molar-refractivity contribution in [3.05, 3.63) is 0 Å². The van der Waals surface area contributed by atoms with Crippen LogP contribution < -0.4 is 5.73 Å². The highest BCUT2D eigenvalue weighted by Gasteiger charge is 2.29. The van der Waals surface area contributed by atoms with Crippen molar-refractivity contribution in [1.82, 2.24) is 4.90 Å². The van der Waals surface area contributed by atoms with Crippen molar-refractivity contribution >= 4 is 0 Å². The van der Waals surface area contributed by atoms with Gasteiger partial charge in [0.15, 0.2) is 0 Å². The zero-order valence-electron chi connectivity index (χ0n) is 9.11. The Labute approximate surface area is 86.6 Å². The maximum absolute atomic E-state index is 5.83. The van der Waals surface area contributed by atoms with Crippen LogP contribution in [-0.4, -0.2) is 42.8 Å². The summed E-state index contributed by atoms with van der Waals surface area (Å²) in [6.45, 7) is 5.30.